The van der Waals surface area contributed by atoms with Gasteiger partial charge in [0.1, 0.15) is 0 Å². The minimum atomic E-state index is -0.177. The molecule has 3 heteroatoms. The largest absolute Gasteiger partial charge is 0.351 e. The van der Waals surface area contributed by atoms with Crippen LogP contribution in [0.2, 0.25) is 0 Å². The van der Waals surface area contributed by atoms with Gasteiger partial charge in [-0.2, -0.15) is 0 Å². The van der Waals surface area contributed by atoms with E-state index >= 15 is 0 Å². The second-order valence-corrected chi connectivity index (χ2v) is 15.0. The summed E-state index contributed by atoms with van der Waals surface area (Å²) >= 11 is 0. The first-order valence-electron chi connectivity index (χ1n) is 20.7. The van der Waals surface area contributed by atoms with Crippen LogP contribution in [0.4, 0.5) is 4.79 Å². The van der Waals surface area contributed by atoms with E-state index in [-0.39, 0.29) is 6.03 Å². The summed E-state index contributed by atoms with van der Waals surface area (Å²) in [5.41, 5.74) is 5.91. The zero-order valence-electron chi connectivity index (χ0n) is 30.5. The van der Waals surface area contributed by atoms with E-state index in [0.717, 1.165) is 13.1 Å². The Morgan fingerprint density at radius 2 is 0.705 bits per heavy atom. The molecule has 1 aliphatic heterocycles. The zero-order chi connectivity index (χ0) is 31.8. The fourth-order valence-electron chi connectivity index (χ4n) is 7.65. The van der Waals surface area contributed by atoms with Gasteiger partial charge in [-0.15, -0.1) is 0 Å². The van der Waals surface area contributed by atoms with E-state index in [1.807, 2.05) is 4.90 Å². The van der Waals surface area contributed by atoms with Crippen LogP contribution < -0.4 is 5.73 Å². The summed E-state index contributed by atoms with van der Waals surface area (Å²) < 4.78 is 0. The molecule has 2 N–H and O–H groups in total. The van der Waals surface area contributed by atoms with Crippen LogP contribution in [0.1, 0.15) is 232 Å². The molecule has 44 heavy (non-hydrogen) atoms. The molecule has 1 fully saturated rings. The molecule has 0 radical (unpaired) electrons. The summed E-state index contributed by atoms with van der Waals surface area (Å²) in [4.78, 5) is 14.4. The number of primary amides is 1. The van der Waals surface area contributed by atoms with Crippen LogP contribution in [0, 0.1) is 11.8 Å². The molecular weight excluding hydrogens is 536 g/mol. The Morgan fingerprint density at radius 3 is 0.955 bits per heavy atom. The highest BCUT2D eigenvalue weighted by molar-refractivity contribution is 5.72. The SMILES string of the molecule is CCCCCCCCCCCCCCCCC1CCCCC(CCCCCCCCCCCCCCCC)CN(C(N)=O)C1. The zero-order valence-corrected chi connectivity index (χ0v) is 30.5. The molecule has 0 bridgehead atoms. The summed E-state index contributed by atoms with van der Waals surface area (Å²) in [5.74, 6) is 1.30. The molecule has 1 rings (SSSR count). The van der Waals surface area contributed by atoms with Gasteiger partial charge in [0.15, 0.2) is 0 Å². The van der Waals surface area contributed by atoms with E-state index in [4.69, 9.17) is 5.73 Å². The Hall–Kier alpha value is -0.730. The lowest BCUT2D eigenvalue weighted by atomic mass is 9.93. The van der Waals surface area contributed by atoms with E-state index < -0.39 is 0 Å². The minimum Gasteiger partial charge on any atom is -0.351 e. The predicted molar refractivity (Wildman–Crippen MR) is 196 cm³/mol. The first-order chi connectivity index (χ1) is 21.7. The molecule has 0 saturated carbocycles. The van der Waals surface area contributed by atoms with Crippen molar-refractivity contribution in [3.8, 4) is 0 Å². The van der Waals surface area contributed by atoms with Gasteiger partial charge in [0, 0.05) is 13.1 Å². The Bertz CT molecular complexity index is 549. The number of carbonyl (C=O) groups excluding carboxylic acids is 1. The summed E-state index contributed by atoms with van der Waals surface area (Å²) in [6.07, 6.45) is 47.5. The van der Waals surface area contributed by atoms with Gasteiger partial charge in [-0.3, -0.25) is 0 Å². The number of nitrogens with zero attached hydrogens (tertiary/aromatic N) is 1. The van der Waals surface area contributed by atoms with Crippen LogP contribution in [0.3, 0.4) is 0 Å². The molecule has 2 amide bonds. The number of carbonyl (C=O) groups is 1. The number of urea groups is 1. The highest BCUT2D eigenvalue weighted by atomic mass is 16.2. The van der Waals surface area contributed by atoms with Crippen molar-refractivity contribution in [2.75, 3.05) is 13.1 Å². The quantitative estimate of drug-likeness (QED) is 0.0800. The fourth-order valence-corrected chi connectivity index (χ4v) is 7.65. The Kier molecular flexibility index (Phi) is 30.2. The molecule has 0 aromatic heterocycles. The molecule has 3 nitrogen and oxygen atoms in total. The fraction of sp³-hybridized carbons (Fsp3) is 0.976. The standard InChI is InChI=1S/C41H82N2O/c1-3-5-7-9-11-13-15-17-19-21-23-25-27-29-33-39-35-31-32-36-40(38-43(37-39)41(42)44)34-30-28-26-24-22-20-18-16-14-12-10-8-6-4-2/h39-40H,3-38H2,1-2H3,(H2,42,44). The van der Waals surface area contributed by atoms with Crippen molar-refractivity contribution in [3.63, 3.8) is 0 Å². The first kappa shape index (κ1) is 41.3. The Balaban J connectivity index is 2.07. The van der Waals surface area contributed by atoms with E-state index in [1.54, 1.807) is 0 Å². The third kappa shape index (κ3) is 26.5. The third-order valence-corrected chi connectivity index (χ3v) is 10.7. The van der Waals surface area contributed by atoms with E-state index in [1.165, 1.54) is 218 Å². The number of nitrogens with two attached hydrogens (primary N) is 1. The normalized spacial score (nSPS) is 17.8. The topological polar surface area (TPSA) is 46.3 Å². The average molecular weight is 619 g/mol. The van der Waals surface area contributed by atoms with Crippen LogP contribution in [0.25, 0.3) is 0 Å². The van der Waals surface area contributed by atoms with Crippen molar-refractivity contribution in [3.05, 3.63) is 0 Å². The number of unbranched alkanes of at least 4 members (excludes halogenated alkanes) is 26. The smallest absolute Gasteiger partial charge is 0.314 e. The second-order valence-electron chi connectivity index (χ2n) is 15.0. The van der Waals surface area contributed by atoms with E-state index in [9.17, 15) is 4.79 Å². The average Bonchev–Trinajstić information content (AvgIpc) is 3.12. The van der Waals surface area contributed by atoms with E-state index in [0.29, 0.717) is 11.8 Å². The molecule has 1 heterocycles. The van der Waals surface area contributed by atoms with Gasteiger partial charge in [0.05, 0.1) is 0 Å². The maximum absolute atomic E-state index is 12.4. The lowest BCUT2D eigenvalue weighted by Crippen LogP contribution is -2.41. The lowest BCUT2D eigenvalue weighted by Gasteiger charge is -2.28. The predicted octanol–water partition coefficient (Wildman–Crippen LogP) is 13.9. The van der Waals surface area contributed by atoms with Crippen molar-refractivity contribution in [2.24, 2.45) is 17.6 Å². The maximum atomic E-state index is 12.4. The molecule has 0 aliphatic carbocycles. The summed E-state index contributed by atoms with van der Waals surface area (Å²) in [6.45, 7) is 6.41. The van der Waals surface area contributed by atoms with Gasteiger partial charge < -0.3 is 10.6 Å². The van der Waals surface area contributed by atoms with Crippen molar-refractivity contribution < 1.29 is 4.79 Å². The monoisotopic (exact) mass is 619 g/mol. The lowest BCUT2D eigenvalue weighted by molar-refractivity contribution is 0.179. The van der Waals surface area contributed by atoms with Gasteiger partial charge >= 0.3 is 6.03 Å². The maximum Gasteiger partial charge on any atom is 0.314 e. The Morgan fingerprint density at radius 1 is 0.455 bits per heavy atom. The van der Waals surface area contributed by atoms with Gasteiger partial charge in [0.2, 0.25) is 0 Å². The van der Waals surface area contributed by atoms with Gasteiger partial charge in [-0.05, 0) is 37.5 Å². The first-order valence-corrected chi connectivity index (χ1v) is 20.7. The summed E-state index contributed by atoms with van der Waals surface area (Å²) in [7, 11) is 0. The summed E-state index contributed by atoms with van der Waals surface area (Å²) in [6, 6.07) is -0.177. The second kappa shape index (κ2) is 32.2. The molecule has 262 valence electrons. The molecular formula is C41H82N2O. The van der Waals surface area contributed by atoms with Crippen molar-refractivity contribution in [2.45, 2.75) is 232 Å². The summed E-state index contributed by atoms with van der Waals surface area (Å²) in [5, 5.41) is 0. The number of hydrogen-bond donors (Lipinski definition) is 1. The number of rotatable bonds is 30. The molecule has 1 aliphatic rings. The van der Waals surface area contributed by atoms with Crippen LogP contribution in [0.15, 0.2) is 0 Å². The number of hydrogen-bond acceptors (Lipinski definition) is 1. The van der Waals surface area contributed by atoms with Crippen LogP contribution >= 0.6 is 0 Å². The van der Waals surface area contributed by atoms with Gasteiger partial charge in [-0.25, -0.2) is 4.79 Å². The number of amides is 2. The third-order valence-electron chi connectivity index (χ3n) is 10.7. The molecule has 2 atom stereocenters. The van der Waals surface area contributed by atoms with Crippen molar-refractivity contribution >= 4 is 6.03 Å². The highest BCUT2D eigenvalue weighted by Gasteiger charge is 2.23. The van der Waals surface area contributed by atoms with Gasteiger partial charge in [-0.1, -0.05) is 206 Å². The minimum absolute atomic E-state index is 0.177. The van der Waals surface area contributed by atoms with Crippen LogP contribution in [0.5, 0.6) is 0 Å². The van der Waals surface area contributed by atoms with Crippen molar-refractivity contribution in [1.82, 2.24) is 4.90 Å². The molecule has 0 aromatic rings. The van der Waals surface area contributed by atoms with E-state index in [2.05, 4.69) is 13.8 Å². The molecule has 2 unspecified atom stereocenters. The Labute approximate surface area is 278 Å². The van der Waals surface area contributed by atoms with Crippen molar-refractivity contribution in [1.29, 1.82) is 0 Å². The highest BCUT2D eigenvalue weighted by Crippen LogP contribution is 2.27. The van der Waals surface area contributed by atoms with Crippen LogP contribution in [-0.2, 0) is 0 Å². The molecule has 1 saturated heterocycles. The van der Waals surface area contributed by atoms with Crippen LogP contribution in [-0.4, -0.2) is 24.0 Å². The molecule has 0 aromatic carbocycles. The molecule has 0 spiro atoms. The van der Waals surface area contributed by atoms with Gasteiger partial charge in [0.25, 0.3) is 0 Å².